The normalized spacial score (nSPS) is 22.9. The van der Waals surface area contributed by atoms with Crippen LogP contribution in [0.15, 0.2) is 18.2 Å². The van der Waals surface area contributed by atoms with E-state index >= 15 is 0 Å². The molecule has 0 aromatic heterocycles. The molecule has 3 heteroatoms. The van der Waals surface area contributed by atoms with Crippen molar-refractivity contribution in [1.29, 1.82) is 0 Å². The Balaban J connectivity index is 2.25. The fraction of sp³-hybridized carbons (Fsp3) is 0.462. The molecule has 16 heavy (non-hydrogen) atoms. The fourth-order valence-corrected chi connectivity index (χ4v) is 2.52. The molecule has 1 N–H and O–H groups in total. The second kappa shape index (κ2) is 4.16. The summed E-state index contributed by atoms with van der Waals surface area (Å²) in [6, 6.07) is 5.40. The Morgan fingerprint density at radius 3 is 2.94 bits per heavy atom. The van der Waals surface area contributed by atoms with Gasteiger partial charge in [-0.25, -0.2) is 0 Å². The Hall–Kier alpha value is -1.51. The summed E-state index contributed by atoms with van der Waals surface area (Å²) in [5.74, 6) is 0.761. The zero-order chi connectivity index (χ0) is 11.7. The van der Waals surface area contributed by atoms with Gasteiger partial charge in [-0.2, -0.15) is 0 Å². The Morgan fingerprint density at radius 2 is 2.25 bits per heavy atom. The van der Waals surface area contributed by atoms with Crippen molar-refractivity contribution in [3.8, 4) is 5.75 Å². The van der Waals surface area contributed by atoms with E-state index in [1.54, 1.807) is 12.1 Å². The van der Waals surface area contributed by atoms with E-state index < -0.39 is 0 Å². The SMILES string of the molecule is COC(=O)CC1CC(C)c2cc(O)ccc21. The number of phenols is 1. The van der Waals surface area contributed by atoms with Gasteiger partial charge >= 0.3 is 5.97 Å². The molecule has 0 bridgehead atoms. The van der Waals surface area contributed by atoms with Crippen molar-refractivity contribution in [2.24, 2.45) is 0 Å². The summed E-state index contributed by atoms with van der Waals surface area (Å²) in [5.41, 5.74) is 2.34. The zero-order valence-corrected chi connectivity index (χ0v) is 9.56. The number of esters is 1. The van der Waals surface area contributed by atoms with Gasteiger partial charge in [-0.15, -0.1) is 0 Å². The molecule has 2 unspecified atom stereocenters. The number of aromatic hydroxyl groups is 1. The van der Waals surface area contributed by atoms with Crippen molar-refractivity contribution < 1.29 is 14.6 Å². The van der Waals surface area contributed by atoms with Crippen LogP contribution in [0.2, 0.25) is 0 Å². The number of methoxy groups -OCH3 is 1. The van der Waals surface area contributed by atoms with Gasteiger partial charge < -0.3 is 9.84 Å². The van der Waals surface area contributed by atoms with Crippen molar-refractivity contribution in [1.82, 2.24) is 0 Å². The number of fused-ring (bicyclic) bond motifs is 1. The quantitative estimate of drug-likeness (QED) is 0.779. The monoisotopic (exact) mass is 220 g/mol. The van der Waals surface area contributed by atoms with Crippen LogP contribution < -0.4 is 0 Å². The van der Waals surface area contributed by atoms with Gasteiger partial charge in [-0.1, -0.05) is 13.0 Å². The van der Waals surface area contributed by atoms with Crippen LogP contribution in [0, 0.1) is 0 Å². The lowest BCUT2D eigenvalue weighted by Crippen LogP contribution is -2.06. The first-order valence-corrected chi connectivity index (χ1v) is 5.51. The van der Waals surface area contributed by atoms with E-state index in [0.29, 0.717) is 18.1 Å². The van der Waals surface area contributed by atoms with E-state index in [1.165, 1.54) is 12.7 Å². The maximum Gasteiger partial charge on any atom is 0.306 e. The minimum absolute atomic E-state index is 0.168. The van der Waals surface area contributed by atoms with Crippen molar-refractivity contribution in [3.63, 3.8) is 0 Å². The van der Waals surface area contributed by atoms with Crippen LogP contribution >= 0.6 is 0 Å². The van der Waals surface area contributed by atoms with Crippen molar-refractivity contribution in [3.05, 3.63) is 29.3 Å². The summed E-state index contributed by atoms with van der Waals surface area (Å²) in [7, 11) is 1.42. The molecule has 0 saturated carbocycles. The Kier molecular flexibility index (Phi) is 2.86. The standard InChI is InChI=1S/C13H16O3/c1-8-5-9(6-13(15)16-2)11-4-3-10(14)7-12(8)11/h3-4,7-9,14H,5-6H2,1-2H3. The van der Waals surface area contributed by atoms with Gasteiger partial charge in [0.05, 0.1) is 13.5 Å². The molecular weight excluding hydrogens is 204 g/mol. The van der Waals surface area contributed by atoms with Crippen LogP contribution in [0.4, 0.5) is 0 Å². The Bertz CT molecular complexity index is 412. The lowest BCUT2D eigenvalue weighted by molar-refractivity contribution is -0.141. The molecule has 86 valence electrons. The van der Waals surface area contributed by atoms with Crippen LogP contribution in [0.5, 0.6) is 5.75 Å². The molecule has 1 aliphatic carbocycles. The molecular formula is C13H16O3. The average molecular weight is 220 g/mol. The zero-order valence-electron chi connectivity index (χ0n) is 9.56. The average Bonchev–Trinajstić information content (AvgIpc) is 2.55. The van der Waals surface area contributed by atoms with E-state index in [-0.39, 0.29) is 11.9 Å². The highest BCUT2D eigenvalue weighted by Gasteiger charge is 2.30. The molecule has 2 atom stereocenters. The molecule has 1 aromatic carbocycles. The number of benzene rings is 1. The first kappa shape index (κ1) is 11.0. The lowest BCUT2D eigenvalue weighted by atomic mass is 9.98. The minimum atomic E-state index is -0.168. The maximum atomic E-state index is 11.3. The highest BCUT2D eigenvalue weighted by molar-refractivity contribution is 5.71. The second-order valence-corrected chi connectivity index (χ2v) is 4.43. The summed E-state index contributed by atoms with van der Waals surface area (Å²) in [5, 5.41) is 9.44. The van der Waals surface area contributed by atoms with E-state index in [1.807, 2.05) is 6.07 Å². The van der Waals surface area contributed by atoms with E-state index in [2.05, 4.69) is 6.92 Å². The van der Waals surface area contributed by atoms with Crippen LogP contribution in [-0.4, -0.2) is 18.2 Å². The predicted octanol–water partition coefficient (Wildman–Crippen LogP) is 2.55. The first-order valence-electron chi connectivity index (χ1n) is 5.51. The summed E-state index contributed by atoms with van der Waals surface area (Å²) >= 11 is 0. The van der Waals surface area contributed by atoms with Gasteiger partial charge in [0.15, 0.2) is 0 Å². The molecule has 0 amide bonds. The van der Waals surface area contributed by atoms with Gasteiger partial charge in [0.25, 0.3) is 0 Å². The third-order valence-electron chi connectivity index (χ3n) is 3.32. The molecule has 0 fully saturated rings. The molecule has 0 spiro atoms. The Labute approximate surface area is 95.0 Å². The van der Waals surface area contributed by atoms with Crippen molar-refractivity contribution in [2.45, 2.75) is 31.6 Å². The van der Waals surface area contributed by atoms with Crippen LogP contribution in [-0.2, 0) is 9.53 Å². The maximum absolute atomic E-state index is 11.3. The fourth-order valence-electron chi connectivity index (χ4n) is 2.52. The number of rotatable bonds is 2. The number of phenolic OH excluding ortho intramolecular Hbond substituents is 1. The lowest BCUT2D eigenvalue weighted by Gasteiger charge is -2.09. The van der Waals surface area contributed by atoms with Crippen molar-refractivity contribution >= 4 is 5.97 Å². The van der Waals surface area contributed by atoms with E-state index in [4.69, 9.17) is 4.74 Å². The molecule has 3 nitrogen and oxygen atoms in total. The van der Waals surface area contributed by atoms with Crippen LogP contribution in [0.3, 0.4) is 0 Å². The van der Waals surface area contributed by atoms with Gasteiger partial charge in [0, 0.05) is 0 Å². The number of hydrogen-bond acceptors (Lipinski definition) is 3. The Morgan fingerprint density at radius 1 is 1.50 bits per heavy atom. The molecule has 0 saturated heterocycles. The molecule has 0 heterocycles. The van der Waals surface area contributed by atoms with Gasteiger partial charge in [0.1, 0.15) is 5.75 Å². The molecule has 1 aromatic rings. The van der Waals surface area contributed by atoms with Crippen LogP contribution in [0.25, 0.3) is 0 Å². The largest absolute Gasteiger partial charge is 0.508 e. The number of hydrogen-bond donors (Lipinski definition) is 1. The number of carbonyl (C=O) groups excluding carboxylic acids is 1. The molecule has 0 radical (unpaired) electrons. The van der Waals surface area contributed by atoms with E-state index in [0.717, 1.165) is 12.0 Å². The van der Waals surface area contributed by atoms with Gasteiger partial charge in [-0.3, -0.25) is 4.79 Å². The van der Waals surface area contributed by atoms with Crippen molar-refractivity contribution in [2.75, 3.05) is 7.11 Å². The second-order valence-electron chi connectivity index (χ2n) is 4.43. The van der Waals surface area contributed by atoms with Gasteiger partial charge in [0.2, 0.25) is 0 Å². The highest BCUT2D eigenvalue weighted by atomic mass is 16.5. The summed E-state index contributed by atoms with van der Waals surface area (Å²) < 4.78 is 4.70. The topological polar surface area (TPSA) is 46.5 Å². The summed E-state index contributed by atoms with van der Waals surface area (Å²) in [6.45, 7) is 2.12. The number of carbonyl (C=O) groups is 1. The summed E-state index contributed by atoms with van der Waals surface area (Å²) in [4.78, 5) is 11.3. The molecule has 0 aliphatic heterocycles. The molecule has 1 aliphatic rings. The highest BCUT2D eigenvalue weighted by Crippen LogP contribution is 2.44. The van der Waals surface area contributed by atoms with Gasteiger partial charge in [-0.05, 0) is 41.5 Å². The smallest absolute Gasteiger partial charge is 0.306 e. The van der Waals surface area contributed by atoms with Crippen LogP contribution in [0.1, 0.15) is 42.7 Å². The van der Waals surface area contributed by atoms with E-state index in [9.17, 15) is 9.90 Å². The summed E-state index contributed by atoms with van der Waals surface area (Å²) in [6.07, 6.45) is 1.38. The third kappa shape index (κ3) is 1.90. The number of ether oxygens (including phenoxy) is 1. The third-order valence-corrected chi connectivity index (χ3v) is 3.32. The molecule has 2 rings (SSSR count). The minimum Gasteiger partial charge on any atom is -0.508 e. The predicted molar refractivity (Wildman–Crippen MR) is 60.5 cm³/mol. The first-order chi connectivity index (χ1) is 7.61.